The zero-order chi connectivity index (χ0) is 17.9. The second kappa shape index (κ2) is 7.59. The average molecular weight is 370 g/mol. The standard InChI is InChI=1S/C16H17Cl2N3O3/c1-9-10(16(18)21(2)20-9)5-6-15(22)19-12-7-11(17)13(23-3)8-14(12)24-4/h5-8H,1-4H3,(H,19,22)/b6-5+. The van der Waals surface area contributed by atoms with Crippen LogP contribution in [0.25, 0.3) is 6.08 Å². The number of methoxy groups -OCH3 is 2. The number of aryl methyl sites for hydroxylation is 2. The van der Waals surface area contributed by atoms with Gasteiger partial charge in [0, 0.05) is 24.8 Å². The summed E-state index contributed by atoms with van der Waals surface area (Å²) in [6, 6.07) is 3.16. The molecular formula is C16H17Cl2N3O3. The van der Waals surface area contributed by atoms with Gasteiger partial charge in [0.25, 0.3) is 0 Å². The van der Waals surface area contributed by atoms with Gasteiger partial charge in [0.15, 0.2) is 0 Å². The summed E-state index contributed by atoms with van der Waals surface area (Å²) in [5.41, 5.74) is 1.86. The third-order valence-corrected chi connectivity index (χ3v) is 4.07. The zero-order valence-corrected chi connectivity index (χ0v) is 15.2. The largest absolute Gasteiger partial charge is 0.495 e. The van der Waals surface area contributed by atoms with Gasteiger partial charge in [0.05, 0.1) is 30.6 Å². The number of carbonyl (C=O) groups excluding carboxylic acids is 1. The maximum Gasteiger partial charge on any atom is 0.248 e. The van der Waals surface area contributed by atoms with Gasteiger partial charge in [0.2, 0.25) is 5.91 Å². The summed E-state index contributed by atoms with van der Waals surface area (Å²) in [5.74, 6) is 0.544. The molecule has 0 bridgehead atoms. The summed E-state index contributed by atoms with van der Waals surface area (Å²) < 4.78 is 11.9. The van der Waals surface area contributed by atoms with E-state index >= 15 is 0 Å². The van der Waals surface area contributed by atoms with E-state index in [1.165, 1.54) is 20.3 Å². The predicted molar refractivity (Wildman–Crippen MR) is 95.2 cm³/mol. The molecule has 8 heteroatoms. The van der Waals surface area contributed by atoms with Gasteiger partial charge in [-0.05, 0) is 19.1 Å². The lowest BCUT2D eigenvalue weighted by atomic mass is 10.2. The van der Waals surface area contributed by atoms with Crippen LogP contribution >= 0.6 is 23.2 Å². The van der Waals surface area contributed by atoms with Crippen molar-refractivity contribution in [2.45, 2.75) is 6.92 Å². The Labute approximate surface area is 150 Å². The lowest BCUT2D eigenvalue weighted by Gasteiger charge is -2.12. The minimum Gasteiger partial charge on any atom is -0.495 e. The molecule has 128 valence electrons. The quantitative estimate of drug-likeness (QED) is 0.815. The maximum atomic E-state index is 12.2. The molecule has 0 radical (unpaired) electrons. The second-order valence-corrected chi connectivity index (χ2v) is 5.69. The molecule has 1 N–H and O–H groups in total. The van der Waals surface area contributed by atoms with Crippen molar-refractivity contribution in [3.05, 3.63) is 39.6 Å². The molecule has 2 aromatic rings. The van der Waals surface area contributed by atoms with E-state index in [9.17, 15) is 4.79 Å². The summed E-state index contributed by atoms with van der Waals surface area (Å²) in [7, 11) is 4.73. The maximum absolute atomic E-state index is 12.2. The van der Waals surface area contributed by atoms with Gasteiger partial charge in [-0.1, -0.05) is 23.2 Å². The number of benzene rings is 1. The molecule has 1 amide bonds. The molecule has 6 nitrogen and oxygen atoms in total. The number of nitrogens with one attached hydrogen (secondary N) is 1. The van der Waals surface area contributed by atoms with Gasteiger partial charge < -0.3 is 14.8 Å². The Morgan fingerprint density at radius 3 is 2.46 bits per heavy atom. The van der Waals surface area contributed by atoms with Crippen molar-refractivity contribution in [1.82, 2.24) is 9.78 Å². The van der Waals surface area contributed by atoms with Crippen LogP contribution in [0.5, 0.6) is 11.5 Å². The lowest BCUT2D eigenvalue weighted by Crippen LogP contribution is -2.09. The van der Waals surface area contributed by atoms with Crippen LogP contribution in [-0.4, -0.2) is 29.9 Å². The highest BCUT2D eigenvalue weighted by atomic mass is 35.5. The number of halogens is 2. The molecule has 1 aromatic heterocycles. The Balaban J connectivity index is 2.21. The van der Waals surface area contributed by atoms with Crippen LogP contribution in [0.15, 0.2) is 18.2 Å². The molecule has 0 saturated carbocycles. The molecule has 0 aliphatic carbocycles. The van der Waals surface area contributed by atoms with Crippen LogP contribution in [0.4, 0.5) is 5.69 Å². The van der Waals surface area contributed by atoms with Gasteiger partial charge in [-0.2, -0.15) is 5.10 Å². The first kappa shape index (κ1) is 18.2. The summed E-state index contributed by atoms with van der Waals surface area (Å²) >= 11 is 12.2. The Morgan fingerprint density at radius 2 is 1.92 bits per heavy atom. The fourth-order valence-electron chi connectivity index (χ4n) is 2.13. The molecule has 0 fully saturated rings. The molecule has 1 heterocycles. The van der Waals surface area contributed by atoms with E-state index in [-0.39, 0.29) is 5.91 Å². The topological polar surface area (TPSA) is 65.4 Å². The van der Waals surface area contributed by atoms with Crippen molar-refractivity contribution in [2.75, 3.05) is 19.5 Å². The molecule has 0 aliphatic rings. The number of rotatable bonds is 5. The monoisotopic (exact) mass is 369 g/mol. The van der Waals surface area contributed by atoms with E-state index in [2.05, 4.69) is 10.4 Å². The summed E-state index contributed by atoms with van der Waals surface area (Å²) in [6.07, 6.45) is 2.98. The first-order valence-electron chi connectivity index (χ1n) is 6.97. The van der Waals surface area contributed by atoms with E-state index < -0.39 is 0 Å². The highest BCUT2D eigenvalue weighted by Gasteiger charge is 2.12. The van der Waals surface area contributed by atoms with Crippen molar-refractivity contribution in [2.24, 2.45) is 7.05 Å². The second-order valence-electron chi connectivity index (χ2n) is 4.92. The van der Waals surface area contributed by atoms with Gasteiger partial charge >= 0.3 is 0 Å². The van der Waals surface area contributed by atoms with Crippen LogP contribution in [0.2, 0.25) is 10.2 Å². The lowest BCUT2D eigenvalue weighted by molar-refractivity contribution is -0.111. The van der Waals surface area contributed by atoms with Crippen molar-refractivity contribution in [3.8, 4) is 11.5 Å². The van der Waals surface area contributed by atoms with E-state index in [1.807, 2.05) is 6.92 Å². The fourth-order valence-corrected chi connectivity index (χ4v) is 2.61. The zero-order valence-electron chi connectivity index (χ0n) is 13.7. The number of ether oxygens (including phenoxy) is 2. The highest BCUT2D eigenvalue weighted by Crippen LogP contribution is 2.35. The smallest absolute Gasteiger partial charge is 0.248 e. The Morgan fingerprint density at radius 1 is 1.25 bits per heavy atom. The molecule has 0 saturated heterocycles. The van der Waals surface area contributed by atoms with Crippen LogP contribution < -0.4 is 14.8 Å². The van der Waals surface area contributed by atoms with E-state index in [4.69, 9.17) is 32.7 Å². The van der Waals surface area contributed by atoms with Gasteiger partial charge in [-0.3, -0.25) is 9.48 Å². The van der Waals surface area contributed by atoms with Crippen LogP contribution in [0, 0.1) is 6.92 Å². The summed E-state index contributed by atoms with van der Waals surface area (Å²) in [4.78, 5) is 12.2. The number of carbonyl (C=O) groups is 1. The van der Waals surface area contributed by atoms with E-state index in [0.717, 1.165) is 5.69 Å². The van der Waals surface area contributed by atoms with Gasteiger partial charge in [-0.25, -0.2) is 0 Å². The van der Waals surface area contributed by atoms with E-state index in [1.54, 1.807) is 29.9 Å². The van der Waals surface area contributed by atoms with Crippen LogP contribution in [0.1, 0.15) is 11.3 Å². The SMILES string of the molecule is COc1cc(OC)c(NC(=O)/C=C/c2c(C)nn(C)c2Cl)cc1Cl. The van der Waals surface area contributed by atoms with Crippen molar-refractivity contribution in [3.63, 3.8) is 0 Å². The molecule has 0 unspecified atom stereocenters. The molecular weight excluding hydrogens is 353 g/mol. The normalized spacial score (nSPS) is 10.9. The molecule has 0 spiro atoms. The number of nitrogens with zero attached hydrogens (tertiary/aromatic N) is 2. The van der Waals surface area contributed by atoms with Crippen molar-refractivity contribution >= 4 is 40.9 Å². The van der Waals surface area contributed by atoms with Gasteiger partial charge in [0.1, 0.15) is 16.7 Å². The molecule has 2 rings (SSSR count). The molecule has 1 aromatic carbocycles. The number of aromatic nitrogens is 2. The Kier molecular flexibility index (Phi) is 5.75. The minimum atomic E-state index is -0.353. The molecule has 0 aliphatic heterocycles. The summed E-state index contributed by atoms with van der Waals surface area (Å²) in [5, 5.41) is 7.71. The predicted octanol–water partition coefficient (Wildman–Crippen LogP) is 3.70. The summed E-state index contributed by atoms with van der Waals surface area (Å²) in [6.45, 7) is 1.82. The third kappa shape index (κ3) is 3.83. The Hall–Kier alpha value is -2.18. The van der Waals surface area contributed by atoms with E-state index in [0.29, 0.717) is 32.9 Å². The minimum absolute atomic E-state index is 0.353. The first-order chi connectivity index (χ1) is 11.4. The molecule has 24 heavy (non-hydrogen) atoms. The third-order valence-electron chi connectivity index (χ3n) is 3.33. The van der Waals surface area contributed by atoms with Crippen molar-refractivity contribution in [1.29, 1.82) is 0 Å². The van der Waals surface area contributed by atoms with Crippen molar-refractivity contribution < 1.29 is 14.3 Å². The molecule has 0 atom stereocenters. The number of hydrogen-bond donors (Lipinski definition) is 1. The number of amides is 1. The highest BCUT2D eigenvalue weighted by molar-refractivity contribution is 6.32. The fraction of sp³-hybridized carbons (Fsp3) is 0.250. The average Bonchev–Trinajstić information content (AvgIpc) is 2.78. The van der Waals surface area contributed by atoms with Gasteiger partial charge in [-0.15, -0.1) is 0 Å². The van der Waals surface area contributed by atoms with Crippen LogP contribution in [0.3, 0.4) is 0 Å². The van der Waals surface area contributed by atoms with Crippen LogP contribution in [-0.2, 0) is 11.8 Å². The number of anilines is 1. The first-order valence-corrected chi connectivity index (χ1v) is 7.72. The Bertz CT molecular complexity index is 800. The number of hydrogen-bond acceptors (Lipinski definition) is 4.